The predicted octanol–water partition coefficient (Wildman–Crippen LogP) is 6.42. The average Bonchev–Trinajstić information content (AvgIpc) is 3.06. The SMILES string of the molecule is COC(=O)c1ccc(S(=O)(=O)Cc2ccc(C(F)(F)F)cc2)c(N)c1.COC(=O)c1ccc(S(=O)(=O)Cc2ccc(C(F)(F)F)cc2)c([N+](=O)[O-])c1. The molecule has 4 aromatic carbocycles. The van der Waals surface area contributed by atoms with Gasteiger partial charge in [-0.05, 0) is 65.7 Å². The van der Waals surface area contributed by atoms with E-state index in [0.29, 0.717) is 0 Å². The van der Waals surface area contributed by atoms with E-state index in [1.165, 1.54) is 25.3 Å². The molecule has 0 fully saturated rings. The third-order valence-corrected chi connectivity index (χ3v) is 10.4. The number of carbonyl (C=O) groups excluding carboxylic acids is 2. The van der Waals surface area contributed by atoms with Crippen LogP contribution >= 0.6 is 0 Å². The summed E-state index contributed by atoms with van der Waals surface area (Å²) >= 11 is 0. The number of hydrogen-bond donors (Lipinski definition) is 1. The first kappa shape index (κ1) is 40.9. The predicted molar refractivity (Wildman–Crippen MR) is 171 cm³/mol. The van der Waals surface area contributed by atoms with E-state index >= 15 is 0 Å². The van der Waals surface area contributed by atoms with Crippen molar-refractivity contribution in [1.82, 2.24) is 0 Å². The number of ether oxygens (including phenoxy) is 2. The highest BCUT2D eigenvalue weighted by Crippen LogP contribution is 2.32. The first-order valence-corrected chi connectivity index (χ1v) is 17.4. The fourth-order valence-electron chi connectivity index (χ4n) is 4.42. The van der Waals surface area contributed by atoms with E-state index in [-0.39, 0.29) is 32.8 Å². The maximum Gasteiger partial charge on any atom is 0.416 e. The highest BCUT2D eigenvalue weighted by molar-refractivity contribution is 7.91. The van der Waals surface area contributed by atoms with Gasteiger partial charge in [-0.3, -0.25) is 10.1 Å². The molecule has 0 radical (unpaired) electrons. The molecular formula is C32H26F6N2O10S2. The van der Waals surface area contributed by atoms with Crippen LogP contribution in [0.25, 0.3) is 0 Å². The Labute approximate surface area is 291 Å². The van der Waals surface area contributed by atoms with Crippen LogP contribution in [0, 0.1) is 10.1 Å². The van der Waals surface area contributed by atoms with E-state index in [1.807, 2.05) is 0 Å². The minimum atomic E-state index is -4.57. The van der Waals surface area contributed by atoms with Crippen molar-refractivity contribution in [2.75, 3.05) is 20.0 Å². The van der Waals surface area contributed by atoms with Gasteiger partial charge in [0, 0.05) is 6.07 Å². The van der Waals surface area contributed by atoms with E-state index in [2.05, 4.69) is 9.47 Å². The van der Waals surface area contributed by atoms with Crippen LogP contribution < -0.4 is 5.73 Å². The number of anilines is 1. The number of esters is 2. The maximum absolute atomic E-state index is 12.6. The molecule has 0 saturated carbocycles. The zero-order chi connectivity index (χ0) is 39.2. The number of hydrogen-bond acceptors (Lipinski definition) is 11. The highest BCUT2D eigenvalue weighted by atomic mass is 32.2. The van der Waals surface area contributed by atoms with Crippen molar-refractivity contribution in [2.24, 2.45) is 0 Å². The Kier molecular flexibility index (Phi) is 12.4. The maximum atomic E-state index is 12.6. The van der Waals surface area contributed by atoms with Crippen LogP contribution in [-0.2, 0) is 53.0 Å². The molecular weight excluding hydrogens is 750 g/mol. The number of nitrogens with two attached hydrogens (primary N) is 1. The van der Waals surface area contributed by atoms with Crippen molar-refractivity contribution < 1.29 is 67.2 Å². The smallest absolute Gasteiger partial charge is 0.416 e. The minimum Gasteiger partial charge on any atom is -0.465 e. The van der Waals surface area contributed by atoms with Crippen LogP contribution in [0.1, 0.15) is 43.0 Å². The lowest BCUT2D eigenvalue weighted by atomic mass is 10.1. The fraction of sp³-hybridized carbons (Fsp3) is 0.188. The van der Waals surface area contributed by atoms with Gasteiger partial charge in [0.25, 0.3) is 5.69 Å². The third-order valence-electron chi connectivity index (χ3n) is 6.95. The number of methoxy groups -OCH3 is 2. The van der Waals surface area contributed by atoms with Crippen molar-refractivity contribution in [3.05, 3.63) is 128 Å². The Morgan fingerprint density at radius 3 is 1.37 bits per heavy atom. The molecule has 4 aromatic rings. The van der Waals surface area contributed by atoms with Crippen molar-refractivity contribution in [3.63, 3.8) is 0 Å². The largest absolute Gasteiger partial charge is 0.465 e. The standard InChI is InChI=1S/C16H12F3NO6S.C16H14F3NO4S/c1-26-15(21)11-4-7-14(13(8-11)20(22)23)27(24,25)9-10-2-5-12(6-3-10)16(17,18)19;1-24-15(21)11-4-7-14(13(20)8-11)25(22,23)9-10-2-5-12(6-3-10)16(17,18)19/h2-8H,9H2,1H3;2-8H,9,20H2,1H3. The topological polar surface area (TPSA) is 190 Å². The van der Waals surface area contributed by atoms with Gasteiger partial charge in [0.15, 0.2) is 19.7 Å². The van der Waals surface area contributed by atoms with Crippen molar-refractivity contribution in [3.8, 4) is 0 Å². The lowest BCUT2D eigenvalue weighted by molar-refractivity contribution is -0.387. The molecule has 0 aliphatic heterocycles. The molecule has 12 nitrogen and oxygen atoms in total. The van der Waals surface area contributed by atoms with E-state index < -0.39 is 82.1 Å². The lowest BCUT2D eigenvalue weighted by Gasteiger charge is -2.10. The van der Waals surface area contributed by atoms with Crippen LogP contribution in [0.15, 0.2) is 94.7 Å². The first-order valence-electron chi connectivity index (χ1n) is 14.1. The molecule has 0 aliphatic carbocycles. The van der Waals surface area contributed by atoms with Crippen LogP contribution in [0.4, 0.5) is 37.7 Å². The zero-order valence-electron chi connectivity index (χ0n) is 26.7. The normalized spacial score (nSPS) is 11.9. The summed E-state index contributed by atoms with van der Waals surface area (Å²) in [6.07, 6.45) is -9.06. The summed E-state index contributed by atoms with van der Waals surface area (Å²) < 4.78 is 134. The summed E-state index contributed by atoms with van der Waals surface area (Å²) in [7, 11) is -5.93. The number of alkyl halides is 6. The number of benzene rings is 4. The van der Waals surface area contributed by atoms with Crippen LogP contribution in [0.3, 0.4) is 0 Å². The van der Waals surface area contributed by atoms with Gasteiger partial charge in [-0.25, -0.2) is 26.4 Å². The van der Waals surface area contributed by atoms with Crippen molar-refractivity contribution in [1.29, 1.82) is 0 Å². The van der Waals surface area contributed by atoms with E-state index in [1.54, 1.807) is 0 Å². The van der Waals surface area contributed by atoms with Crippen LogP contribution in [0.5, 0.6) is 0 Å². The number of nitro groups is 1. The number of nitrogens with zero attached hydrogens (tertiary/aromatic N) is 1. The lowest BCUT2D eigenvalue weighted by Crippen LogP contribution is -2.10. The quantitative estimate of drug-likeness (QED) is 0.0649. The molecule has 20 heteroatoms. The molecule has 0 saturated heterocycles. The van der Waals surface area contributed by atoms with Gasteiger partial charge < -0.3 is 15.2 Å². The van der Waals surface area contributed by atoms with Crippen LogP contribution in [-0.4, -0.2) is 47.9 Å². The molecule has 0 aliphatic rings. The molecule has 0 aromatic heterocycles. The third kappa shape index (κ3) is 10.3. The van der Waals surface area contributed by atoms with Gasteiger partial charge in [0.1, 0.15) is 4.90 Å². The molecule has 2 N–H and O–H groups in total. The van der Waals surface area contributed by atoms with Crippen molar-refractivity contribution in [2.45, 2.75) is 33.6 Å². The van der Waals surface area contributed by atoms with E-state index in [0.717, 1.165) is 73.8 Å². The summed E-state index contributed by atoms with van der Waals surface area (Å²) in [5, 5.41) is 11.2. The number of sulfone groups is 2. The van der Waals surface area contributed by atoms with E-state index in [9.17, 15) is 62.9 Å². The van der Waals surface area contributed by atoms with E-state index in [4.69, 9.17) is 5.73 Å². The van der Waals surface area contributed by atoms with Crippen LogP contribution in [0.2, 0.25) is 0 Å². The molecule has 0 heterocycles. The van der Waals surface area contributed by atoms with Crippen molar-refractivity contribution >= 4 is 43.0 Å². The number of halogens is 6. The zero-order valence-corrected chi connectivity index (χ0v) is 28.3. The Bertz CT molecular complexity index is 2190. The van der Waals surface area contributed by atoms with Gasteiger partial charge in [0.05, 0.1) is 63.5 Å². The molecule has 4 rings (SSSR count). The highest BCUT2D eigenvalue weighted by Gasteiger charge is 2.32. The Morgan fingerprint density at radius 2 is 1.02 bits per heavy atom. The fourth-order valence-corrected chi connectivity index (χ4v) is 7.41. The van der Waals surface area contributed by atoms with Gasteiger partial charge in [-0.1, -0.05) is 24.3 Å². The molecule has 278 valence electrons. The molecule has 0 spiro atoms. The summed E-state index contributed by atoms with van der Waals surface area (Å²) in [6, 6.07) is 13.5. The minimum absolute atomic E-state index is 0.0225. The summed E-state index contributed by atoms with van der Waals surface area (Å²) in [4.78, 5) is 32.3. The number of nitro benzene ring substituents is 1. The number of rotatable bonds is 9. The molecule has 52 heavy (non-hydrogen) atoms. The van der Waals surface area contributed by atoms with Gasteiger partial charge >= 0.3 is 24.3 Å². The number of nitrogen functional groups attached to an aromatic ring is 1. The second kappa shape index (κ2) is 15.8. The first-order chi connectivity index (χ1) is 24.0. The molecule has 0 amide bonds. The van der Waals surface area contributed by atoms with Gasteiger partial charge in [-0.15, -0.1) is 0 Å². The Morgan fingerprint density at radius 1 is 0.654 bits per heavy atom. The van der Waals surface area contributed by atoms with Gasteiger partial charge in [0.2, 0.25) is 0 Å². The molecule has 0 unspecified atom stereocenters. The monoisotopic (exact) mass is 776 g/mol. The second-order valence-electron chi connectivity index (χ2n) is 10.6. The molecule has 0 atom stereocenters. The summed E-state index contributed by atoms with van der Waals surface area (Å²) in [6.45, 7) is 0. The second-order valence-corrected chi connectivity index (χ2v) is 14.5. The molecule has 0 bridgehead atoms. The summed E-state index contributed by atoms with van der Waals surface area (Å²) in [5.74, 6) is -2.82. The number of carbonyl (C=O) groups is 2. The van der Waals surface area contributed by atoms with Gasteiger partial charge in [-0.2, -0.15) is 26.3 Å². The average molecular weight is 777 g/mol. The summed E-state index contributed by atoms with van der Waals surface area (Å²) in [5.41, 5.74) is 3.00. The Hall–Kier alpha value is -5.50. The Balaban J connectivity index is 0.000000281.